The highest BCUT2D eigenvalue weighted by atomic mass is 16.7. The third-order valence-electron chi connectivity index (χ3n) is 13.4. The summed E-state index contributed by atoms with van der Waals surface area (Å²) in [5.41, 5.74) is 0. The molecule has 0 aromatic rings. The summed E-state index contributed by atoms with van der Waals surface area (Å²) in [4.78, 5) is 13.0. The number of amides is 1. The minimum absolute atomic E-state index is 0.184. The van der Waals surface area contributed by atoms with Gasteiger partial charge >= 0.3 is 0 Å². The van der Waals surface area contributed by atoms with Crippen LogP contribution in [0.4, 0.5) is 0 Å². The van der Waals surface area contributed by atoms with Crippen LogP contribution in [0.5, 0.6) is 0 Å². The molecule has 0 saturated carbocycles. The molecule has 0 spiro atoms. The van der Waals surface area contributed by atoms with E-state index in [1.807, 2.05) is 6.08 Å². The number of carbonyl (C=O) groups is 1. The number of rotatable bonds is 48. The number of aliphatic hydroxyl groups is 5. The maximum atomic E-state index is 13.0. The molecule has 7 unspecified atom stereocenters. The zero-order chi connectivity index (χ0) is 48.0. The Balaban J connectivity index is 2.21. The lowest BCUT2D eigenvalue weighted by molar-refractivity contribution is -0.302. The van der Waals surface area contributed by atoms with Crippen LogP contribution in [0.25, 0.3) is 0 Å². The Bertz CT molecular complexity index is 1130. The van der Waals surface area contributed by atoms with Crippen LogP contribution in [0.1, 0.15) is 264 Å². The van der Waals surface area contributed by atoms with Crippen LogP contribution in [0, 0.1) is 0 Å². The van der Waals surface area contributed by atoms with Gasteiger partial charge in [-0.3, -0.25) is 4.79 Å². The standard InChI is InChI=1S/C57H107NO8/c1-3-5-7-9-11-13-15-17-19-21-22-23-24-25-26-27-28-29-30-31-33-35-37-39-41-43-45-47-53(61)58-50(49-65-57-56(64)55(63)54(62)52(48-59)66-57)51(60)46-44-42-40-38-36-34-32-20-18-16-14-12-10-8-6-4-2/h21-22,36,38,44,46,50-52,54-57,59-60,62-64H,3-20,23-35,37,39-43,45,47-49H2,1-2H3,(H,58,61)/b22-21-,38-36+,46-44+. The molecule has 0 bridgehead atoms. The van der Waals surface area contributed by atoms with Gasteiger partial charge in [0.25, 0.3) is 0 Å². The van der Waals surface area contributed by atoms with Crippen molar-refractivity contribution in [3.63, 3.8) is 0 Å². The Morgan fingerprint density at radius 2 is 0.864 bits per heavy atom. The van der Waals surface area contributed by atoms with Gasteiger partial charge in [0.15, 0.2) is 6.29 Å². The minimum atomic E-state index is -1.57. The number of nitrogens with one attached hydrogen (secondary N) is 1. The van der Waals surface area contributed by atoms with Gasteiger partial charge in [-0.2, -0.15) is 0 Å². The summed E-state index contributed by atoms with van der Waals surface area (Å²) in [6, 6.07) is -0.820. The fraction of sp³-hybridized carbons (Fsp3) is 0.877. The molecule has 7 atom stereocenters. The second-order valence-corrected chi connectivity index (χ2v) is 19.7. The summed E-state index contributed by atoms with van der Waals surface area (Å²) in [6.07, 6.45) is 53.6. The molecule has 0 aromatic carbocycles. The first-order valence-corrected chi connectivity index (χ1v) is 28.2. The normalized spacial score (nSPS) is 20.0. The van der Waals surface area contributed by atoms with Crippen molar-refractivity contribution in [1.82, 2.24) is 5.32 Å². The van der Waals surface area contributed by atoms with E-state index in [-0.39, 0.29) is 12.5 Å². The van der Waals surface area contributed by atoms with Gasteiger partial charge in [-0.15, -0.1) is 0 Å². The summed E-state index contributed by atoms with van der Waals surface area (Å²) in [5, 5.41) is 54.4. The van der Waals surface area contributed by atoms with E-state index in [9.17, 15) is 30.3 Å². The molecule has 1 amide bonds. The molecule has 66 heavy (non-hydrogen) atoms. The molecule has 0 aromatic heterocycles. The summed E-state index contributed by atoms with van der Waals surface area (Å²) in [5.74, 6) is -0.184. The Morgan fingerprint density at radius 3 is 1.27 bits per heavy atom. The predicted octanol–water partition coefficient (Wildman–Crippen LogP) is 13.6. The molecule has 1 aliphatic rings. The van der Waals surface area contributed by atoms with E-state index in [2.05, 4.69) is 43.5 Å². The number of ether oxygens (including phenoxy) is 2. The highest BCUT2D eigenvalue weighted by Crippen LogP contribution is 2.23. The first-order valence-electron chi connectivity index (χ1n) is 28.2. The summed E-state index contributed by atoms with van der Waals surface area (Å²) in [7, 11) is 0. The molecule has 0 aliphatic carbocycles. The van der Waals surface area contributed by atoms with Gasteiger partial charge in [0.2, 0.25) is 5.91 Å². The lowest BCUT2D eigenvalue weighted by atomic mass is 9.99. The number of aliphatic hydroxyl groups excluding tert-OH is 5. The average molecular weight is 934 g/mol. The van der Waals surface area contributed by atoms with E-state index in [1.54, 1.807) is 6.08 Å². The fourth-order valence-corrected chi connectivity index (χ4v) is 8.93. The van der Waals surface area contributed by atoms with Crippen LogP contribution in [0.15, 0.2) is 36.5 Å². The summed E-state index contributed by atoms with van der Waals surface area (Å²) >= 11 is 0. The Kier molecular flexibility index (Phi) is 44.6. The maximum absolute atomic E-state index is 13.0. The molecule has 1 fully saturated rings. The van der Waals surface area contributed by atoms with Gasteiger partial charge < -0.3 is 40.3 Å². The molecule has 6 N–H and O–H groups in total. The second kappa shape index (κ2) is 47.1. The van der Waals surface area contributed by atoms with E-state index in [1.165, 1.54) is 205 Å². The second-order valence-electron chi connectivity index (χ2n) is 19.7. The van der Waals surface area contributed by atoms with Gasteiger partial charge in [-0.05, 0) is 57.8 Å². The van der Waals surface area contributed by atoms with E-state index < -0.39 is 49.5 Å². The fourth-order valence-electron chi connectivity index (χ4n) is 8.93. The number of hydrogen-bond acceptors (Lipinski definition) is 8. The molecule has 1 aliphatic heterocycles. The first kappa shape index (κ1) is 62.4. The predicted molar refractivity (Wildman–Crippen MR) is 276 cm³/mol. The monoisotopic (exact) mass is 934 g/mol. The topological polar surface area (TPSA) is 149 Å². The molecule has 388 valence electrons. The van der Waals surface area contributed by atoms with Crippen molar-refractivity contribution < 1.29 is 39.8 Å². The molecule has 9 heteroatoms. The summed E-state index contributed by atoms with van der Waals surface area (Å²) in [6.45, 7) is 3.78. The van der Waals surface area contributed by atoms with Crippen LogP contribution in [0.2, 0.25) is 0 Å². The maximum Gasteiger partial charge on any atom is 0.220 e. The van der Waals surface area contributed by atoms with Gasteiger partial charge in [0.1, 0.15) is 24.4 Å². The van der Waals surface area contributed by atoms with Crippen molar-refractivity contribution in [1.29, 1.82) is 0 Å². The number of carbonyl (C=O) groups excluding carboxylic acids is 1. The number of unbranched alkanes of at least 4 members (excludes halogenated alkanes) is 34. The van der Waals surface area contributed by atoms with Gasteiger partial charge in [-0.25, -0.2) is 0 Å². The third-order valence-corrected chi connectivity index (χ3v) is 13.4. The van der Waals surface area contributed by atoms with Gasteiger partial charge in [0, 0.05) is 6.42 Å². The van der Waals surface area contributed by atoms with Crippen LogP contribution in [-0.4, -0.2) is 87.5 Å². The molecule has 1 rings (SSSR count). The van der Waals surface area contributed by atoms with Gasteiger partial charge in [-0.1, -0.05) is 237 Å². The van der Waals surface area contributed by atoms with Crippen LogP contribution in [0.3, 0.4) is 0 Å². The number of allylic oxidation sites excluding steroid dienone is 5. The number of hydrogen-bond donors (Lipinski definition) is 6. The Labute approximate surface area is 406 Å². The van der Waals surface area contributed by atoms with Crippen molar-refractivity contribution in [3.8, 4) is 0 Å². The van der Waals surface area contributed by atoms with E-state index >= 15 is 0 Å². The highest BCUT2D eigenvalue weighted by Gasteiger charge is 2.44. The van der Waals surface area contributed by atoms with Crippen LogP contribution >= 0.6 is 0 Å². The van der Waals surface area contributed by atoms with Crippen molar-refractivity contribution in [3.05, 3.63) is 36.5 Å². The Morgan fingerprint density at radius 1 is 0.500 bits per heavy atom. The zero-order valence-corrected chi connectivity index (χ0v) is 43.0. The zero-order valence-electron chi connectivity index (χ0n) is 43.0. The van der Waals surface area contributed by atoms with E-state index in [0.717, 1.165) is 38.5 Å². The third kappa shape index (κ3) is 36.4. The lowest BCUT2D eigenvalue weighted by Crippen LogP contribution is -2.60. The lowest BCUT2D eigenvalue weighted by Gasteiger charge is -2.40. The molecular formula is C57H107NO8. The molecule has 1 saturated heterocycles. The molecule has 0 radical (unpaired) electrons. The molecular weight excluding hydrogens is 827 g/mol. The van der Waals surface area contributed by atoms with Crippen LogP contribution in [-0.2, 0) is 14.3 Å². The quantitative estimate of drug-likeness (QED) is 0.0261. The van der Waals surface area contributed by atoms with Gasteiger partial charge in [0.05, 0.1) is 25.4 Å². The van der Waals surface area contributed by atoms with Crippen LogP contribution < -0.4 is 5.32 Å². The smallest absolute Gasteiger partial charge is 0.220 e. The summed E-state index contributed by atoms with van der Waals surface area (Å²) < 4.78 is 11.2. The molecule has 1 heterocycles. The minimum Gasteiger partial charge on any atom is -0.394 e. The molecule has 9 nitrogen and oxygen atoms in total. The van der Waals surface area contributed by atoms with E-state index in [0.29, 0.717) is 6.42 Å². The Hall–Kier alpha value is -1.59. The SMILES string of the molecule is CCCCCCCCCC/C=C\CCCCCCCCCCCCCCCCCC(=O)NC(COC1OC(CO)C(O)C(O)C1O)C(O)/C=C/CC/C=C/CCCCCCCCCCCC. The van der Waals surface area contributed by atoms with Crippen molar-refractivity contribution in [2.75, 3.05) is 13.2 Å². The van der Waals surface area contributed by atoms with Crippen molar-refractivity contribution in [2.45, 2.75) is 307 Å². The average Bonchev–Trinajstić information content (AvgIpc) is 3.32. The van der Waals surface area contributed by atoms with Crippen molar-refractivity contribution in [2.24, 2.45) is 0 Å². The largest absolute Gasteiger partial charge is 0.394 e. The highest BCUT2D eigenvalue weighted by molar-refractivity contribution is 5.76. The van der Waals surface area contributed by atoms with E-state index in [4.69, 9.17) is 9.47 Å². The first-order chi connectivity index (χ1) is 32.3. The van der Waals surface area contributed by atoms with Crippen molar-refractivity contribution >= 4 is 5.91 Å².